The van der Waals surface area contributed by atoms with E-state index in [1.165, 1.54) is 0 Å². The van der Waals surface area contributed by atoms with Gasteiger partial charge in [-0.15, -0.1) is 0 Å². The van der Waals surface area contributed by atoms with E-state index in [9.17, 15) is 35.9 Å². The van der Waals surface area contributed by atoms with Gasteiger partial charge < -0.3 is 24.8 Å². The van der Waals surface area contributed by atoms with E-state index in [1.807, 2.05) is 0 Å². The van der Waals surface area contributed by atoms with E-state index in [-0.39, 0.29) is 46.7 Å². The Labute approximate surface area is 202 Å². The third-order valence-corrected chi connectivity index (χ3v) is 5.39. The molecule has 0 unspecified atom stereocenters. The molecule has 2 N–H and O–H groups in total. The van der Waals surface area contributed by atoms with Crippen LogP contribution in [0.25, 0.3) is 0 Å². The summed E-state index contributed by atoms with van der Waals surface area (Å²) in [5, 5.41) is 11.6. The first-order chi connectivity index (χ1) is 16.4. The van der Waals surface area contributed by atoms with Gasteiger partial charge in [0, 0.05) is 12.6 Å². The lowest BCUT2D eigenvalue weighted by Crippen LogP contribution is -2.31. The Morgan fingerprint density at radius 2 is 1.77 bits per heavy atom. The minimum Gasteiger partial charge on any atom is -0.466 e. The highest BCUT2D eigenvalue weighted by atomic mass is 79.9. The fourth-order valence-corrected chi connectivity index (χ4v) is 3.54. The van der Waals surface area contributed by atoms with Crippen LogP contribution in [0.1, 0.15) is 5.56 Å². The summed E-state index contributed by atoms with van der Waals surface area (Å²) in [6, 6.07) is 1.74. The van der Waals surface area contributed by atoms with Crippen molar-refractivity contribution in [1.29, 1.82) is 0 Å². The standard InChI is InChI=1S/C21H15BrF6N2O5/c1-34-20(33)10-8-30(2-3-31)19(32)17(10)29-15-6-11(22)16(7-12(15)23)35-18-13(24)4-9(5-14(18)25)21(26,27)28/h4-7,29,31H,2-3,8H2,1H3. The van der Waals surface area contributed by atoms with Crippen molar-refractivity contribution in [2.24, 2.45) is 0 Å². The number of rotatable bonds is 7. The number of nitrogens with zero attached hydrogens (tertiary/aromatic N) is 1. The molecule has 2 aromatic carbocycles. The molecule has 0 saturated carbocycles. The van der Waals surface area contributed by atoms with Crippen molar-refractivity contribution in [3.63, 3.8) is 0 Å². The van der Waals surface area contributed by atoms with E-state index >= 15 is 0 Å². The van der Waals surface area contributed by atoms with Gasteiger partial charge in [0.2, 0.25) is 0 Å². The van der Waals surface area contributed by atoms with Crippen LogP contribution >= 0.6 is 15.9 Å². The molecular weight excluding hydrogens is 554 g/mol. The Morgan fingerprint density at radius 3 is 2.31 bits per heavy atom. The van der Waals surface area contributed by atoms with Crippen LogP contribution in [0.15, 0.2) is 40.0 Å². The fraction of sp³-hybridized carbons (Fsp3) is 0.238. The van der Waals surface area contributed by atoms with Crippen molar-refractivity contribution in [3.8, 4) is 11.5 Å². The van der Waals surface area contributed by atoms with E-state index in [0.717, 1.165) is 18.1 Å². The van der Waals surface area contributed by atoms with Gasteiger partial charge in [0.25, 0.3) is 5.91 Å². The highest BCUT2D eigenvalue weighted by Crippen LogP contribution is 2.39. The maximum Gasteiger partial charge on any atom is 0.416 e. The SMILES string of the molecule is COC(=O)C1=C(Nc2cc(Br)c(Oc3c(F)cc(C(F)(F)F)cc3F)cc2F)C(=O)N(CCO)C1. The predicted octanol–water partition coefficient (Wildman–Crippen LogP) is 4.35. The minimum absolute atomic E-state index is 0.0310. The van der Waals surface area contributed by atoms with Crippen LogP contribution in [0.5, 0.6) is 11.5 Å². The molecule has 0 fully saturated rings. The van der Waals surface area contributed by atoms with Gasteiger partial charge in [-0.1, -0.05) is 0 Å². The lowest BCUT2D eigenvalue weighted by Gasteiger charge is -2.16. The van der Waals surface area contributed by atoms with Crippen molar-refractivity contribution < 1.29 is 50.5 Å². The minimum atomic E-state index is -5.00. The number of nitrogens with one attached hydrogen (secondary N) is 1. The molecule has 0 bridgehead atoms. The number of β-amino-alcohol motifs (C(OH)–C–C–N with tert-alkyl or cyclic N) is 1. The van der Waals surface area contributed by atoms with E-state index < -0.39 is 59.2 Å². The number of aliphatic hydroxyl groups excluding tert-OH is 1. The summed E-state index contributed by atoms with van der Waals surface area (Å²) < 4.78 is 90.7. The first-order valence-corrected chi connectivity index (χ1v) is 10.4. The van der Waals surface area contributed by atoms with Crippen LogP contribution in [0.2, 0.25) is 0 Å². The van der Waals surface area contributed by atoms with Gasteiger partial charge in [-0.05, 0) is 34.1 Å². The molecule has 2 aromatic rings. The number of hydrogen-bond acceptors (Lipinski definition) is 6. The van der Waals surface area contributed by atoms with Gasteiger partial charge in [-0.2, -0.15) is 13.2 Å². The number of halogens is 7. The lowest BCUT2D eigenvalue weighted by atomic mass is 10.2. The van der Waals surface area contributed by atoms with Gasteiger partial charge in [-0.25, -0.2) is 18.0 Å². The summed E-state index contributed by atoms with van der Waals surface area (Å²) in [6.07, 6.45) is -5.00. The van der Waals surface area contributed by atoms with Crippen molar-refractivity contribution in [2.45, 2.75) is 6.18 Å². The number of hydrogen-bond donors (Lipinski definition) is 2. The highest BCUT2D eigenvalue weighted by Gasteiger charge is 2.35. The van der Waals surface area contributed by atoms with Crippen LogP contribution in [-0.4, -0.2) is 48.7 Å². The van der Waals surface area contributed by atoms with Gasteiger partial charge in [0.15, 0.2) is 17.4 Å². The molecule has 14 heteroatoms. The number of esters is 1. The Morgan fingerprint density at radius 1 is 1.14 bits per heavy atom. The van der Waals surface area contributed by atoms with Crippen LogP contribution in [0.3, 0.4) is 0 Å². The average molecular weight is 569 g/mol. The Balaban J connectivity index is 1.92. The molecule has 0 saturated heterocycles. The fourth-order valence-electron chi connectivity index (χ4n) is 3.12. The Kier molecular flexibility index (Phi) is 7.65. The third-order valence-electron chi connectivity index (χ3n) is 4.77. The maximum atomic E-state index is 14.8. The monoisotopic (exact) mass is 568 g/mol. The van der Waals surface area contributed by atoms with Gasteiger partial charge in [-0.3, -0.25) is 4.79 Å². The summed E-state index contributed by atoms with van der Waals surface area (Å²) in [5.74, 6) is -7.70. The van der Waals surface area contributed by atoms with E-state index in [2.05, 4.69) is 26.0 Å². The summed E-state index contributed by atoms with van der Waals surface area (Å²) >= 11 is 3.00. The van der Waals surface area contributed by atoms with Crippen LogP contribution < -0.4 is 10.1 Å². The molecule has 0 aromatic heterocycles. The number of methoxy groups -OCH3 is 1. The predicted molar refractivity (Wildman–Crippen MR) is 112 cm³/mol. The van der Waals surface area contributed by atoms with Crippen molar-refractivity contribution in [2.75, 3.05) is 32.1 Å². The first-order valence-electron chi connectivity index (χ1n) is 9.59. The summed E-state index contributed by atoms with van der Waals surface area (Å²) in [5.41, 5.74) is -2.37. The second-order valence-electron chi connectivity index (χ2n) is 7.05. The normalized spacial score (nSPS) is 14.0. The van der Waals surface area contributed by atoms with Gasteiger partial charge in [0.05, 0.1) is 41.6 Å². The van der Waals surface area contributed by atoms with Crippen molar-refractivity contribution in [1.82, 2.24) is 4.90 Å². The number of benzene rings is 2. The molecular formula is C21H15BrF6N2O5. The second-order valence-corrected chi connectivity index (χ2v) is 7.91. The average Bonchev–Trinajstić information content (AvgIpc) is 3.08. The largest absolute Gasteiger partial charge is 0.466 e. The molecule has 7 nitrogen and oxygen atoms in total. The Bertz CT molecular complexity index is 1190. The molecule has 1 aliphatic rings. The van der Waals surface area contributed by atoms with E-state index in [1.54, 1.807) is 0 Å². The number of carbonyl (C=O) groups is 2. The summed E-state index contributed by atoms with van der Waals surface area (Å²) in [6.45, 7) is -0.699. The highest BCUT2D eigenvalue weighted by molar-refractivity contribution is 9.10. The second kappa shape index (κ2) is 10.2. The molecule has 188 valence electrons. The zero-order chi connectivity index (χ0) is 26.1. The van der Waals surface area contributed by atoms with Crippen molar-refractivity contribution in [3.05, 3.63) is 63.0 Å². The van der Waals surface area contributed by atoms with E-state index in [0.29, 0.717) is 6.07 Å². The molecule has 1 aliphatic heterocycles. The number of ether oxygens (including phenoxy) is 2. The van der Waals surface area contributed by atoms with Crippen LogP contribution in [0.4, 0.5) is 32.0 Å². The molecule has 35 heavy (non-hydrogen) atoms. The summed E-state index contributed by atoms with van der Waals surface area (Å²) in [7, 11) is 1.08. The number of carbonyl (C=O) groups excluding carboxylic acids is 2. The molecule has 3 rings (SSSR count). The maximum absolute atomic E-state index is 14.8. The third kappa shape index (κ3) is 5.53. The number of aliphatic hydroxyl groups is 1. The number of alkyl halides is 3. The van der Waals surface area contributed by atoms with Gasteiger partial charge >= 0.3 is 12.1 Å². The van der Waals surface area contributed by atoms with E-state index in [4.69, 9.17) is 9.84 Å². The topological polar surface area (TPSA) is 88.1 Å². The molecule has 1 heterocycles. The van der Waals surface area contributed by atoms with Crippen LogP contribution in [-0.2, 0) is 20.5 Å². The lowest BCUT2D eigenvalue weighted by molar-refractivity contribution is -0.138. The van der Waals surface area contributed by atoms with Crippen molar-refractivity contribution >= 4 is 33.5 Å². The zero-order valence-electron chi connectivity index (χ0n) is 17.6. The van der Waals surface area contributed by atoms with Gasteiger partial charge in [0.1, 0.15) is 17.3 Å². The smallest absolute Gasteiger partial charge is 0.416 e. The molecule has 1 amide bonds. The molecule has 0 radical (unpaired) electrons. The van der Waals surface area contributed by atoms with Crippen LogP contribution in [0, 0.1) is 17.5 Å². The molecule has 0 spiro atoms. The first kappa shape index (κ1) is 26.3. The zero-order valence-corrected chi connectivity index (χ0v) is 19.2. The number of amides is 1. The Hall–Kier alpha value is -3.26. The quantitative estimate of drug-likeness (QED) is 0.381. The molecule has 0 aliphatic carbocycles. The number of anilines is 1. The molecule has 0 atom stereocenters. The summed E-state index contributed by atoms with van der Waals surface area (Å²) in [4.78, 5) is 25.7.